The third-order valence-corrected chi connectivity index (χ3v) is 1.26. The van der Waals surface area contributed by atoms with Crippen molar-refractivity contribution in [1.82, 2.24) is 4.31 Å². The summed E-state index contributed by atoms with van der Waals surface area (Å²) in [6.45, 7) is 4.37. The molecule has 0 aliphatic rings. The van der Waals surface area contributed by atoms with E-state index < -0.39 is 0 Å². The molecule has 0 radical (unpaired) electrons. The average molecular weight is 119 g/mol. The van der Waals surface area contributed by atoms with Crippen LogP contribution >= 0.6 is 11.9 Å². The van der Waals surface area contributed by atoms with Crippen molar-refractivity contribution in [2.24, 2.45) is 0 Å². The third-order valence-electron chi connectivity index (χ3n) is 0.422. The van der Waals surface area contributed by atoms with Crippen LogP contribution in [0, 0.1) is 0 Å². The zero-order valence-electron chi connectivity index (χ0n) is 5.43. The zero-order chi connectivity index (χ0) is 5.86. The fraction of sp³-hybridized carbons (Fsp3) is 1.00. The van der Waals surface area contributed by atoms with Crippen LogP contribution in [0.15, 0.2) is 0 Å². The molecule has 0 spiro atoms. The van der Waals surface area contributed by atoms with Gasteiger partial charge in [-0.2, -0.15) is 0 Å². The summed E-state index contributed by atoms with van der Waals surface area (Å²) in [4.78, 5) is 0. The molecule has 0 saturated carbocycles. The van der Waals surface area contributed by atoms with E-state index in [9.17, 15) is 0 Å². The van der Waals surface area contributed by atoms with Gasteiger partial charge in [-0.15, -0.1) is 0 Å². The Balaban J connectivity index is 2.95. The van der Waals surface area contributed by atoms with Gasteiger partial charge in [0.05, 0.1) is 0 Å². The molecular weight excluding hydrogens is 106 g/mol. The molecule has 7 heavy (non-hydrogen) atoms. The molecule has 0 saturated heterocycles. The van der Waals surface area contributed by atoms with Gasteiger partial charge in [0.2, 0.25) is 0 Å². The van der Waals surface area contributed by atoms with Gasteiger partial charge in [-0.25, -0.2) is 0 Å². The quantitative estimate of drug-likeness (QED) is 0.508. The van der Waals surface area contributed by atoms with E-state index in [4.69, 9.17) is 0 Å². The fourth-order valence-electron chi connectivity index (χ4n) is 0.422. The molecule has 0 N–H and O–H groups in total. The lowest BCUT2D eigenvalue weighted by molar-refractivity contribution is 0.696. The highest BCUT2D eigenvalue weighted by atomic mass is 32.2. The standard InChI is InChI=1S/C5H13NS/c1-5(2)7-6(3)4/h5H,1-4H3. The molecule has 0 heterocycles. The highest BCUT2D eigenvalue weighted by Crippen LogP contribution is 2.09. The Bertz CT molecular complexity index is 37.3. The van der Waals surface area contributed by atoms with Gasteiger partial charge in [0.1, 0.15) is 0 Å². The molecule has 0 amide bonds. The second-order valence-corrected chi connectivity index (χ2v) is 3.85. The molecular formula is C5H13NS. The molecule has 1 nitrogen and oxygen atoms in total. The van der Waals surface area contributed by atoms with Crippen LogP contribution in [0.1, 0.15) is 13.8 Å². The lowest BCUT2D eigenvalue weighted by Crippen LogP contribution is -2.04. The maximum atomic E-state index is 2.19. The maximum absolute atomic E-state index is 2.19. The second kappa shape index (κ2) is 3.33. The van der Waals surface area contributed by atoms with E-state index in [0.717, 1.165) is 5.25 Å². The Morgan fingerprint density at radius 2 is 1.71 bits per heavy atom. The molecule has 0 aromatic heterocycles. The summed E-state index contributed by atoms with van der Waals surface area (Å²) in [5.74, 6) is 0. The monoisotopic (exact) mass is 119 g/mol. The van der Waals surface area contributed by atoms with Crippen molar-refractivity contribution in [3.05, 3.63) is 0 Å². The molecule has 0 aliphatic heterocycles. The minimum Gasteiger partial charge on any atom is -0.257 e. The van der Waals surface area contributed by atoms with E-state index in [1.54, 1.807) is 0 Å². The first-order valence-corrected chi connectivity index (χ1v) is 3.30. The summed E-state index contributed by atoms with van der Waals surface area (Å²) in [6.07, 6.45) is 0. The second-order valence-electron chi connectivity index (χ2n) is 1.97. The first-order chi connectivity index (χ1) is 3.13. The number of hydrogen-bond donors (Lipinski definition) is 0. The number of rotatable bonds is 2. The van der Waals surface area contributed by atoms with Crippen LogP contribution in [0.4, 0.5) is 0 Å². The van der Waals surface area contributed by atoms with Crippen LogP contribution in [0.3, 0.4) is 0 Å². The zero-order valence-corrected chi connectivity index (χ0v) is 6.25. The van der Waals surface area contributed by atoms with E-state index >= 15 is 0 Å². The number of nitrogens with zero attached hydrogens (tertiary/aromatic N) is 1. The third kappa shape index (κ3) is 6.31. The van der Waals surface area contributed by atoms with Crippen LogP contribution in [-0.4, -0.2) is 23.7 Å². The van der Waals surface area contributed by atoms with Crippen molar-refractivity contribution in [1.29, 1.82) is 0 Å². The van der Waals surface area contributed by atoms with Crippen LogP contribution in [0.25, 0.3) is 0 Å². The van der Waals surface area contributed by atoms with E-state index in [1.807, 2.05) is 11.9 Å². The normalized spacial score (nSPS) is 11.1. The highest BCUT2D eigenvalue weighted by Gasteiger charge is 1.92. The minimum atomic E-state index is 0.718. The Hall–Kier alpha value is 0.310. The van der Waals surface area contributed by atoms with Crippen LogP contribution in [0.2, 0.25) is 0 Å². The van der Waals surface area contributed by atoms with E-state index in [-0.39, 0.29) is 0 Å². The van der Waals surface area contributed by atoms with E-state index in [0.29, 0.717) is 0 Å². The van der Waals surface area contributed by atoms with Gasteiger partial charge in [-0.3, -0.25) is 4.31 Å². The SMILES string of the molecule is CC(C)SN(C)C. The molecule has 44 valence electrons. The predicted molar refractivity (Wildman–Crippen MR) is 36.4 cm³/mol. The predicted octanol–water partition coefficient (Wildman–Crippen LogP) is 1.60. The summed E-state index contributed by atoms with van der Waals surface area (Å²) < 4.78 is 2.12. The lowest BCUT2D eigenvalue weighted by atomic mass is 10.6. The molecule has 2 heteroatoms. The molecule has 0 fully saturated rings. The van der Waals surface area contributed by atoms with Gasteiger partial charge in [-0.1, -0.05) is 25.8 Å². The Labute approximate surface area is 50.2 Å². The molecule has 0 aromatic carbocycles. The number of hydrogen-bond acceptors (Lipinski definition) is 2. The van der Waals surface area contributed by atoms with Gasteiger partial charge in [0, 0.05) is 5.25 Å². The lowest BCUT2D eigenvalue weighted by Gasteiger charge is -2.09. The van der Waals surface area contributed by atoms with Crippen LogP contribution in [-0.2, 0) is 0 Å². The fourth-order valence-corrected chi connectivity index (χ4v) is 1.26. The van der Waals surface area contributed by atoms with Crippen LogP contribution < -0.4 is 0 Å². The summed E-state index contributed by atoms with van der Waals surface area (Å²) in [7, 11) is 4.12. The Morgan fingerprint density at radius 1 is 1.29 bits per heavy atom. The smallest absolute Gasteiger partial charge is 0.0138 e. The summed E-state index contributed by atoms with van der Waals surface area (Å²) >= 11 is 1.84. The van der Waals surface area contributed by atoms with Crippen molar-refractivity contribution in [3.63, 3.8) is 0 Å². The van der Waals surface area contributed by atoms with E-state index in [2.05, 4.69) is 32.2 Å². The van der Waals surface area contributed by atoms with Crippen molar-refractivity contribution < 1.29 is 0 Å². The van der Waals surface area contributed by atoms with Crippen LogP contribution in [0.5, 0.6) is 0 Å². The van der Waals surface area contributed by atoms with Crippen molar-refractivity contribution >= 4 is 11.9 Å². The molecule has 0 unspecified atom stereocenters. The van der Waals surface area contributed by atoms with Gasteiger partial charge >= 0.3 is 0 Å². The average Bonchev–Trinajstić information content (AvgIpc) is 1.27. The Morgan fingerprint density at radius 3 is 1.71 bits per heavy atom. The van der Waals surface area contributed by atoms with Crippen molar-refractivity contribution in [2.45, 2.75) is 19.1 Å². The Kier molecular flexibility index (Phi) is 3.48. The van der Waals surface area contributed by atoms with Gasteiger partial charge in [-0.05, 0) is 14.1 Å². The topological polar surface area (TPSA) is 3.24 Å². The maximum Gasteiger partial charge on any atom is 0.0138 e. The largest absolute Gasteiger partial charge is 0.257 e. The molecule has 0 aliphatic carbocycles. The minimum absolute atomic E-state index is 0.718. The van der Waals surface area contributed by atoms with Crippen molar-refractivity contribution in [3.8, 4) is 0 Å². The van der Waals surface area contributed by atoms with Crippen molar-refractivity contribution in [2.75, 3.05) is 14.1 Å². The van der Waals surface area contributed by atoms with E-state index in [1.165, 1.54) is 0 Å². The first-order valence-electron chi connectivity index (χ1n) is 2.47. The summed E-state index contributed by atoms with van der Waals surface area (Å²) in [5.41, 5.74) is 0. The molecule has 0 aromatic rings. The van der Waals surface area contributed by atoms with Gasteiger partial charge in [0.15, 0.2) is 0 Å². The summed E-state index contributed by atoms with van der Waals surface area (Å²) in [6, 6.07) is 0. The summed E-state index contributed by atoms with van der Waals surface area (Å²) in [5, 5.41) is 0.718. The first kappa shape index (κ1) is 7.31. The van der Waals surface area contributed by atoms with Gasteiger partial charge in [0.25, 0.3) is 0 Å². The molecule has 0 bridgehead atoms. The highest BCUT2D eigenvalue weighted by molar-refractivity contribution is 7.97. The van der Waals surface area contributed by atoms with Gasteiger partial charge < -0.3 is 0 Å². The molecule has 0 atom stereocenters. The molecule has 0 rings (SSSR count).